The van der Waals surface area contributed by atoms with Gasteiger partial charge in [-0.2, -0.15) is 0 Å². The van der Waals surface area contributed by atoms with Gasteiger partial charge in [0.05, 0.1) is 18.2 Å². The predicted molar refractivity (Wildman–Crippen MR) is 82.7 cm³/mol. The van der Waals surface area contributed by atoms with Crippen LogP contribution in [0.15, 0.2) is 29.3 Å². The van der Waals surface area contributed by atoms with E-state index >= 15 is 0 Å². The van der Waals surface area contributed by atoms with Crippen molar-refractivity contribution in [1.29, 1.82) is 0 Å². The predicted octanol–water partition coefficient (Wildman–Crippen LogP) is 1.84. The summed E-state index contributed by atoms with van der Waals surface area (Å²) in [5.74, 6) is 0.119. The number of nitrogens with zero attached hydrogens (tertiary/aromatic N) is 3. The monoisotopic (exact) mass is 313 g/mol. The summed E-state index contributed by atoms with van der Waals surface area (Å²) in [6.45, 7) is 2.07. The Bertz CT molecular complexity index is 693. The average Bonchev–Trinajstić information content (AvgIpc) is 3.24. The zero-order valence-electron chi connectivity index (χ0n) is 12.9. The molecule has 0 radical (unpaired) electrons. The molecule has 0 saturated carbocycles. The standard InChI is InChI=1S/C17H19N3O3/c21-17(15-2-1-8-23-15)20-6-3-13-14(4-7-20)18-11-19-16(13)12-5-9-22-10-12/h5,9-11,15H,1-4,6-8H2/t15-/m0/s1. The Kier molecular flexibility index (Phi) is 3.83. The van der Waals surface area contributed by atoms with Crippen molar-refractivity contribution in [2.75, 3.05) is 19.7 Å². The minimum atomic E-state index is -0.254. The van der Waals surface area contributed by atoms with E-state index in [-0.39, 0.29) is 12.0 Å². The molecule has 120 valence electrons. The van der Waals surface area contributed by atoms with Gasteiger partial charge in [0.1, 0.15) is 12.4 Å². The third-order valence-electron chi connectivity index (χ3n) is 4.60. The molecule has 6 nitrogen and oxygen atoms in total. The topological polar surface area (TPSA) is 68.5 Å². The van der Waals surface area contributed by atoms with E-state index in [9.17, 15) is 4.79 Å². The molecule has 2 aromatic rings. The molecule has 0 aliphatic carbocycles. The fourth-order valence-corrected chi connectivity index (χ4v) is 3.37. The van der Waals surface area contributed by atoms with Crippen LogP contribution in [0, 0.1) is 0 Å². The van der Waals surface area contributed by atoms with Crippen molar-refractivity contribution < 1.29 is 13.9 Å². The van der Waals surface area contributed by atoms with Gasteiger partial charge in [-0.3, -0.25) is 4.79 Å². The number of rotatable bonds is 2. The molecule has 0 unspecified atom stereocenters. The van der Waals surface area contributed by atoms with E-state index in [4.69, 9.17) is 9.15 Å². The molecule has 0 aromatic carbocycles. The first kappa shape index (κ1) is 14.4. The van der Waals surface area contributed by atoms with E-state index in [0.29, 0.717) is 19.7 Å². The third-order valence-corrected chi connectivity index (χ3v) is 4.60. The molecule has 0 spiro atoms. The van der Waals surface area contributed by atoms with Crippen LogP contribution in [-0.2, 0) is 22.4 Å². The number of aromatic nitrogens is 2. The zero-order chi connectivity index (χ0) is 15.6. The Morgan fingerprint density at radius 3 is 2.96 bits per heavy atom. The lowest BCUT2D eigenvalue weighted by Gasteiger charge is -2.23. The molecule has 2 aliphatic heterocycles. The van der Waals surface area contributed by atoms with Gasteiger partial charge in [0, 0.05) is 42.9 Å². The van der Waals surface area contributed by atoms with Crippen LogP contribution < -0.4 is 0 Å². The van der Waals surface area contributed by atoms with Gasteiger partial charge in [0.25, 0.3) is 5.91 Å². The number of carbonyl (C=O) groups excluding carboxylic acids is 1. The van der Waals surface area contributed by atoms with E-state index in [1.807, 2.05) is 11.0 Å². The molecule has 6 heteroatoms. The van der Waals surface area contributed by atoms with E-state index in [1.54, 1.807) is 18.9 Å². The van der Waals surface area contributed by atoms with Gasteiger partial charge in [0.2, 0.25) is 0 Å². The molecule has 4 rings (SSSR count). The highest BCUT2D eigenvalue weighted by molar-refractivity contribution is 5.81. The van der Waals surface area contributed by atoms with Crippen LogP contribution in [0.3, 0.4) is 0 Å². The summed E-state index contributed by atoms with van der Waals surface area (Å²) in [5, 5.41) is 0. The lowest BCUT2D eigenvalue weighted by Crippen LogP contribution is -2.40. The first-order valence-electron chi connectivity index (χ1n) is 8.08. The largest absolute Gasteiger partial charge is 0.472 e. The van der Waals surface area contributed by atoms with Crippen LogP contribution in [0.2, 0.25) is 0 Å². The number of carbonyl (C=O) groups is 1. The SMILES string of the molecule is O=C([C@@H]1CCCO1)N1CCc2ncnc(-c3ccoc3)c2CC1. The molecule has 23 heavy (non-hydrogen) atoms. The summed E-state index contributed by atoms with van der Waals surface area (Å²) >= 11 is 0. The van der Waals surface area contributed by atoms with E-state index in [1.165, 1.54) is 0 Å². The minimum absolute atomic E-state index is 0.119. The molecular weight excluding hydrogens is 294 g/mol. The molecule has 1 saturated heterocycles. The first-order chi connectivity index (χ1) is 11.3. The highest BCUT2D eigenvalue weighted by Gasteiger charge is 2.30. The number of ether oxygens (including phenoxy) is 1. The van der Waals surface area contributed by atoms with Crippen molar-refractivity contribution in [3.8, 4) is 11.3 Å². The third kappa shape index (κ3) is 2.74. The lowest BCUT2D eigenvalue weighted by atomic mass is 10.0. The van der Waals surface area contributed by atoms with Gasteiger partial charge >= 0.3 is 0 Å². The molecule has 1 amide bonds. The van der Waals surface area contributed by atoms with Gasteiger partial charge in [-0.1, -0.05) is 0 Å². The number of hydrogen-bond acceptors (Lipinski definition) is 5. The van der Waals surface area contributed by atoms with Crippen molar-refractivity contribution in [2.45, 2.75) is 31.8 Å². The molecule has 1 fully saturated rings. The summed E-state index contributed by atoms with van der Waals surface area (Å²) in [6, 6.07) is 1.91. The Hall–Kier alpha value is -2.21. The molecular formula is C17H19N3O3. The highest BCUT2D eigenvalue weighted by atomic mass is 16.5. The fourth-order valence-electron chi connectivity index (χ4n) is 3.37. The summed E-state index contributed by atoms with van der Waals surface area (Å²) in [7, 11) is 0. The van der Waals surface area contributed by atoms with E-state index in [2.05, 4.69) is 9.97 Å². The quantitative estimate of drug-likeness (QED) is 0.846. The molecule has 0 bridgehead atoms. The van der Waals surface area contributed by atoms with E-state index < -0.39 is 0 Å². The Morgan fingerprint density at radius 1 is 1.26 bits per heavy atom. The van der Waals surface area contributed by atoms with Gasteiger partial charge in [-0.25, -0.2) is 9.97 Å². The van der Waals surface area contributed by atoms with E-state index in [0.717, 1.165) is 48.2 Å². The summed E-state index contributed by atoms with van der Waals surface area (Å²) < 4.78 is 10.7. The summed E-state index contributed by atoms with van der Waals surface area (Å²) in [6.07, 6.45) is 8.00. The highest BCUT2D eigenvalue weighted by Crippen LogP contribution is 2.26. The van der Waals surface area contributed by atoms with Crippen molar-refractivity contribution in [1.82, 2.24) is 14.9 Å². The summed E-state index contributed by atoms with van der Waals surface area (Å²) in [5.41, 5.74) is 4.02. The first-order valence-corrected chi connectivity index (χ1v) is 8.08. The number of amides is 1. The van der Waals surface area contributed by atoms with Gasteiger partial charge in [-0.05, 0) is 25.3 Å². The molecule has 2 aliphatic rings. The van der Waals surface area contributed by atoms with Crippen LogP contribution in [-0.4, -0.2) is 46.6 Å². The van der Waals surface area contributed by atoms with Crippen LogP contribution in [0.1, 0.15) is 24.1 Å². The number of hydrogen-bond donors (Lipinski definition) is 0. The second-order valence-electron chi connectivity index (χ2n) is 5.99. The van der Waals surface area contributed by atoms with Crippen LogP contribution >= 0.6 is 0 Å². The second-order valence-corrected chi connectivity index (χ2v) is 5.99. The van der Waals surface area contributed by atoms with Gasteiger partial charge < -0.3 is 14.1 Å². The van der Waals surface area contributed by atoms with Gasteiger partial charge in [0.15, 0.2) is 0 Å². The van der Waals surface area contributed by atoms with Gasteiger partial charge in [-0.15, -0.1) is 0 Å². The maximum atomic E-state index is 12.6. The minimum Gasteiger partial charge on any atom is -0.472 e. The smallest absolute Gasteiger partial charge is 0.251 e. The van der Waals surface area contributed by atoms with Crippen LogP contribution in [0.4, 0.5) is 0 Å². The number of furan rings is 1. The van der Waals surface area contributed by atoms with Crippen LogP contribution in [0.25, 0.3) is 11.3 Å². The van der Waals surface area contributed by atoms with Crippen molar-refractivity contribution in [2.24, 2.45) is 0 Å². The Labute approximate surface area is 134 Å². The molecule has 1 atom stereocenters. The fraction of sp³-hybridized carbons (Fsp3) is 0.471. The molecule has 4 heterocycles. The van der Waals surface area contributed by atoms with Crippen molar-refractivity contribution >= 4 is 5.91 Å². The van der Waals surface area contributed by atoms with Crippen molar-refractivity contribution in [3.63, 3.8) is 0 Å². The maximum absolute atomic E-state index is 12.6. The zero-order valence-corrected chi connectivity index (χ0v) is 12.9. The lowest BCUT2D eigenvalue weighted by molar-refractivity contribution is -0.140. The van der Waals surface area contributed by atoms with Crippen molar-refractivity contribution in [3.05, 3.63) is 36.2 Å². The molecule has 2 aromatic heterocycles. The Morgan fingerprint density at radius 2 is 2.17 bits per heavy atom. The Balaban J connectivity index is 1.57. The average molecular weight is 313 g/mol. The maximum Gasteiger partial charge on any atom is 0.251 e. The number of fused-ring (bicyclic) bond motifs is 1. The summed E-state index contributed by atoms with van der Waals surface area (Å²) in [4.78, 5) is 23.3. The molecule has 0 N–H and O–H groups in total. The van der Waals surface area contributed by atoms with Crippen LogP contribution in [0.5, 0.6) is 0 Å². The normalized spacial score (nSPS) is 21.0. The second kappa shape index (κ2) is 6.12.